The summed E-state index contributed by atoms with van der Waals surface area (Å²) in [6.07, 6.45) is -3.55. The van der Waals surface area contributed by atoms with Gasteiger partial charge in [-0.1, -0.05) is 12.1 Å². The average molecular weight is 397 g/mol. The maximum Gasteiger partial charge on any atom is 0.433 e. The van der Waals surface area contributed by atoms with Crippen molar-refractivity contribution in [1.82, 2.24) is 14.3 Å². The molecule has 142 valence electrons. The molecule has 1 aromatic heterocycles. The molecule has 1 aromatic carbocycles. The smallest absolute Gasteiger partial charge is 0.338 e. The lowest BCUT2D eigenvalue weighted by Gasteiger charge is -2.34. The Morgan fingerprint density at radius 1 is 1.07 bits per heavy atom. The molecule has 1 aliphatic heterocycles. The highest BCUT2D eigenvalue weighted by Crippen LogP contribution is 2.28. The first-order chi connectivity index (χ1) is 12.7. The van der Waals surface area contributed by atoms with E-state index in [4.69, 9.17) is 5.26 Å². The molecule has 1 aliphatic rings. The largest absolute Gasteiger partial charge is 0.433 e. The molecule has 2 aromatic rings. The van der Waals surface area contributed by atoms with Crippen molar-refractivity contribution in [3.8, 4) is 6.07 Å². The van der Waals surface area contributed by atoms with Crippen LogP contribution in [0.2, 0.25) is 0 Å². The zero-order chi connectivity index (χ0) is 19.7. The molecule has 0 atom stereocenters. The lowest BCUT2D eigenvalue weighted by atomic mass is 10.2. The number of piperazine rings is 1. The van der Waals surface area contributed by atoms with Crippen molar-refractivity contribution in [2.45, 2.75) is 11.1 Å². The molecule has 0 spiro atoms. The highest BCUT2D eigenvalue weighted by Gasteiger charge is 2.34. The van der Waals surface area contributed by atoms with Crippen LogP contribution in [-0.2, 0) is 16.2 Å². The Morgan fingerprint density at radius 2 is 1.74 bits per heavy atom. The third kappa shape index (κ3) is 3.86. The van der Waals surface area contributed by atoms with Crippen molar-refractivity contribution >= 4 is 16.0 Å². The van der Waals surface area contributed by atoms with Crippen molar-refractivity contribution in [3.05, 3.63) is 47.8 Å². The summed E-state index contributed by atoms with van der Waals surface area (Å²) in [6, 6.07) is 8.51. The van der Waals surface area contributed by atoms with Crippen molar-refractivity contribution in [2.75, 3.05) is 31.1 Å². The third-order valence-corrected chi connectivity index (χ3v) is 6.04. The quantitative estimate of drug-likeness (QED) is 0.786. The van der Waals surface area contributed by atoms with E-state index in [1.807, 2.05) is 6.07 Å². The Hall–Kier alpha value is -2.71. The molecule has 2 heterocycles. The number of anilines is 1. The Morgan fingerprint density at radius 3 is 2.37 bits per heavy atom. The number of rotatable bonds is 3. The Labute approximate surface area is 153 Å². The molecule has 0 saturated carbocycles. The van der Waals surface area contributed by atoms with Crippen LogP contribution in [0, 0.1) is 11.3 Å². The molecule has 0 bridgehead atoms. The predicted molar refractivity (Wildman–Crippen MR) is 89.2 cm³/mol. The summed E-state index contributed by atoms with van der Waals surface area (Å²) in [6.45, 7) is 0.355. The van der Waals surface area contributed by atoms with E-state index in [0.717, 1.165) is 12.3 Å². The molecular formula is C16H14F3N5O2S. The van der Waals surface area contributed by atoms with Gasteiger partial charge in [0.05, 0.1) is 10.5 Å². The van der Waals surface area contributed by atoms with Crippen LogP contribution >= 0.6 is 0 Å². The van der Waals surface area contributed by atoms with E-state index in [1.54, 1.807) is 6.07 Å². The summed E-state index contributed by atoms with van der Waals surface area (Å²) in [4.78, 5) is 8.78. The zero-order valence-corrected chi connectivity index (χ0v) is 14.7. The van der Waals surface area contributed by atoms with Crippen LogP contribution in [0.3, 0.4) is 0 Å². The van der Waals surface area contributed by atoms with Gasteiger partial charge >= 0.3 is 6.18 Å². The summed E-state index contributed by atoms with van der Waals surface area (Å²) in [5.41, 5.74) is -1.01. The second-order valence-electron chi connectivity index (χ2n) is 5.74. The molecule has 0 aliphatic carbocycles. The van der Waals surface area contributed by atoms with Gasteiger partial charge in [-0.2, -0.15) is 22.7 Å². The molecule has 0 N–H and O–H groups in total. The van der Waals surface area contributed by atoms with Crippen LogP contribution in [0.1, 0.15) is 11.3 Å². The summed E-state index contributed by atoms with van der Waals surface area (Å²) in [7, 11) is -3.88. The summed E-state index contributed by atoms with van der Waals surface area (Å²) in [5, 5.41) is 9.11. The lowest BCUT2D eigenvalue weighted by molar-refractivity contribution is -0.141. The van der Waals surface area contributed by atoms with Gasteiger partial charge in [-0.25, -0.2) is 18.4 Å². The van der Waals surface area contributed by atoms with Crippen LogP contribution in [0.25, 0.3) is 0 Å². The molecule has 0 radical (unpaired) electrons. The highest BCUT2D eigenvalue weighted by atomic mass is 32.2. The predicted octanol–water partition coefficient (Wildman–Crippen LogP) is 1.88. The Bertz CT molecular complexity index is 980. The fourth-order valence-electron chi connectivity index (χ4n) is 2.71. The fourth-order valence-corrected chi connectivity index (χ4v) is 4.27. The van der Waals surface area contributed by atoms with Gasteiger partial charge in [0.25, 0.3) is 0 Å². The monoisotopic (exact) mass is 397 g/mol. The van der Waals surface area contributed by atoms with E-state index in [2.05, 4.69) is 9.97 Å². The highest BCUT2D eigenvalue weighted by molar-refractivity contribution is 7.89. The van der Waals surface area contributed by atoms with E-state index in [-0.39, 0.29) is 42.6 Å². The fraction of sp³-hybridized carbons (Fsp3) is 0.312. The van der Waals surface area contributed by atoms with Crippen molar-refractivity contribution in [3.63, 3.8) is 0 Å². The number of nitrogens with zero attached hydrogens (tertiary/aromatic N) is 5. The maximum atomic E-state index is 12.8. The summed E-state index contributed by atoms with van der Waals surface area (Å²) in [5.74, 6) is -0.0979. The second kappa shape index (κ2) is 7.13. The van der Waals surface area contributed by atoms with Crippen LogP contribution in [0.4, 0.5) is 19.1 Å². The van der Waals surface area contributed by atoms with E-state index < -0.39 is 21.9 Å². The number of sulfonamides is 1. The summed E-state index contributed by atoms with van der Waals surface area (Å²) >= 11 is 0. The van der Waals surface area contributed by atoms with Crippen LogP contribution in [-0.4, -0.2) is 48.9 Å². The molecule has 1 saturated heterocycles. The Balaban J connectivity index is 1.77. The van der Waals surface area contributed by atoms with Gasteiger partial charge < -0.3 is 4.90 Å². The molecule has 0 amide bonds. The normalized spacial score (nSPS) is 16.1. The molecule has 1 fully saturated rings. The molecule has 27 heavy (non-hydrogen) atoms. The molecule has 3 rings (SSSR count). The van der Waals surface area contributed by atoms with Crippen LogP contribution < -0.4 is 4.90 Å². The number of alkyl halides is 3. The van der Waals surface area contributed by atoms with E-state index in [1.165, 1.54) is 27.4 Å². The van der Waals surface area contributed by atoms with Crippen LogP contribution in [0.5, 0.6) is 0 Å². The first-order valence-corrected chi connectivity index (χ1v) is 9.32. The SMILES string of the molecule is N#Cc1ccccc1S(=O)(=O)N1CCN(c2nccc(C(F)(F)F)n2)CC1. The minimum Gasteiger partial charge on any atom is -0.338 e. The van der Waals surface area contributed by atoms with E-state index in [0.29, 0.717) is 0 Å². The first-order valence-electron chi connectivity index (χ1n) is 7.88. The van der Waals surface area contributed by atoms with Crippen molar-refractivity contribution in [2.24, 2.45) is 0 Å². The van der Waals surface area contributed by atoms with Gasteiger partial charge in [-0.3, -0.25) is 0 Å². The first kappa shape index (κ1) is 19.1. The van der Waals surface area contributed by atoms with Crippen molar-refractivity contribution in [1.29, 1.82) is 5.26 Å². The van der Waals surface area contributed by atoms with Gasteiger partial charge in [0.15, 0.2) is 0 Å². The minimum atomic E-state index is -4.58. The Kier molecular flexibility index (Phi) is 5.03. The average Bonchev–Trinajstić information content (AvgIpc) is 2.67. The van der Waals surface area contributed by atoms with Gasteiger partial charge in [-0.15, -0.1) is 0 Å². The molecule has 7 nitrogen and oxygen atoms in total. The number of hydrogen-bond donors (Lipinski definition) is 0. The van der Waals surface area contributed by atoms with Gasteiger partial charge in [0.1, 0.15) is 11.8 Å². The molecule has 0 unspecified atom stereocenters. The van der Waals surface area contributed by atoms with Gasteiger partial charge in [0, 0.05) is 32.4 Å². The van der Waals surface area contributed by atoms with Gasteiger partial charge in [0.2, 0.25) is 16.0 Å². The topological polar surface area (TPSA) is 90.2 Å². The third-order valence-electron chi connectivity index (χ3n) is 4.08. The number of nitriles is 1. The van der Waals surface area contributed by atoms with E-state index >= 15 is 0 Å². The zero-order valence-electron chi connectivity index (χ0n) is 13.9. The summed E-state index contributed by atoms with van der Waals surface area (Å²) < 4.78 is 65.1. The van der Waals surface area contributed by atoms with E-state index in [9.17, 15) is 21.6 Å². The number of hydrogen-bond acceptors (Lipinski definition) is 6. The number of halogens is 3. The molecular weight excluding hydrogens is 383 g/mol. The number of aromatic nitrogens is 2. The van der Waals surface area contributed by atoms with Crippen molar-refractivity contribution < 1.29 is 21.6 Å². The number of benzene rings is 1. The van der Waals surface area contributed by atoms with Crippen LogP contribution in [0.15, 0.2) is 41.4 Å². The van der Waals surface area contributed by atoms with Gasteiger partial charge in [-0.05, 0) is 18.2 Å². The maximum absolute atomic E-state index is 12.8. The second-order valence-corrected chi connectivity index (χ2v) is 7.65. The minimum absolute atomic E-state index is 0.0427. The lowest BCUT2D eigenvalue weighted by Crippen LogP contribution is -2.49. The standard InChI is InChI=1S/C16H14F3N5O2S/c17-16(18,19)14-5-6-21-15(22-14)23-7-9-24(10-8-23)27(25,26)13-4-2-1-3-12(13)11-20/h1-6H,7-10H2. The molecule has 11 heteroatoms.